The van der Waals surface area contributed by atoms with Crippen molar-refractivity contribution >= 4 is 17.7 Å². The first-order chi connectivity index (χ1) is 7.12. The summed E-state index contributed by atoms with van der Waals surface area (Å²) in [6.45, 7) is 1.90. The number of rotatable bonds is 5. The molecule has 0 heterocycles. The lowest BCUT2D eigenvalue weighted by Gasteiger charge is -2.26. The molecule has 0 bridgehead atoms. The van der Waals surface area contributed by atoms with Crippen molar-refractivity contribution in [3.63, 3.8) is 0 Å². The Hall–Kier alpha value is -0.220. The highest BCUT2D eigenvalue weighted by Gasteiger charge is 2.33. The number of nitrogens with one attached hydrogen (secondary N) is 1. The summed E-state index contributed by atoms with van der Waals surface area (Å²) in [6, 6.07) is 0. The van der Waals surface area contributed by atoms with Crippen LogP contribution in [-0.2, 0) is 9.53 Å². The van der Waals surface area contributed by atoms with Crippen LogP contribution in [0.25, 0.3) is 0 Å². The van der Waals surface area contributed by atoms with Gasteiger partial charge in [-0.25, -0.2) is 0 Å². The molecule has 0 aromatic carbocycles. The number of ether oxygens (including phenoxy) is 1. The number of carbonyl (C=O) groups excluding carboxylic acids is 1. The maximum absolute atomic E-state index is 11.6. The standard InChI is InChI=1S/C11H21NO2S/c1-11(12-2,10(13)14-3)8-15-9-6-4-5-7-9/h9,12H,4-8H2,1-3H3. The summed E-state index contributed by atoms with van der Waals surface area (Å²) in [7, 11) is 3.25. The molecule has 0 aliphatic heterocycles. The van der Waals surface area contributed by atoms with E-state index in [0.717, 1.165) is 11.0 Å². The van der Waals surface area contributed by atoms with Crippen molar-refractivity contribution in [1.29, 1.82) is 0 Å². The third-order valence-corrected chi connectivity index (χ3v) is 4.78. The minimum Gasteiger partial charge on any atom is -0.468 e. The van der Waals surface area contributed by atoms with Crippen molar-refractivity contribution in [2.45, 2.75) is 43.4 Å². The van der Waals surface area contributed by atoms with Crippen LogP contribution in [0.15, 0.2) is 0 Å². The first-order valence-electron chi connectivity index (χ1n) is 5.51. The molecule has 0 radical (unpaired) electrons. The van der Waals surface area contributed by atoms with Crippen LogP contribution >= 0.6 is 11.8 Å². The highest BCUT2D eigenvalue weighted by molar-refractivity contribution is 8.00. The van der Waals surface area contributed by atoms with E-state index in [2.05, 4.69) is 5.32 Å². The van der Waals surface area contributed by atoms with Gasteiger partial charge in [-0.3, -0.25) is 4.79 Å². The fourth-order valence-corrected chi connectivity index (χ4v) is 3.30. The van der Waals surface area contributed by atoms with E-state index >= 15 is 0 Å². The average Bonchev–Trinajstić information content (AvgIpc) is 2.77. The van der Waals surface area contributed by atoms with E-state index < -0.39 is 5.54 Å². The molecule has 1 N–H and O–H groups in total. The second kappa shape index (κ2) is 5.75. The van der Waals surface area contributed by atoms with Gasteiger partial charge in [0.25, 0.3) is 0 Å². The Morgan fingerprint density at radius 1 is 1.53 bits per heavy atom. The number of likely N-dealkylation sites (N-methyl/N-ethyl adjacent to an activating group) is 1. The van der Waals surface area contributed by atoms with Crippen LogP contribution in [0.1, 0.15) is 32.6 Å². The second-order valence-electron chi connectivity index (χ2n) is 4.29. The van der Waals surface area contributed by atoms with Gasteiger partial charge in [-0.1, -0.05) is 12.8 Å². The molecule has 0 spiro atoms. The average molecular weight is 231 g/mol. The summed E-state index contributed by atoms with van der Waals surface area (Å²) in [5.74, 6) is 0.622. The first-order valence-corrected chi connectivity index (χ1v) is 6.56. The number of thioether (sulfide) groups is 1. The largest absolute Gasteiger partial charge is 0.468 e. The SMILES string of the molecule is CNC(C)(CSC1CCCC1)C(=O)OC. The maximum Gasteiger partial charge on any atom is 0.326 e. The molecule has 1 rings (SSSR count). The topological polar surface area (TPSA) is 38.3 Å². The molecule has 1 atom stereocenters. The Kier molecular flexibility index (Phi) is 4.93. The zero-order chi connectivity index (χ0) is 11.3. The molecule has 88 valence electrons. The minimum absolute atomic E-state index is 0.171. The van der Waals surface area contributed by atoms with Gasteiger partial charge < -0.3 is 10.1 Å². The monoisotopic (exact) mass is 231 g/mol. The molecular formula is C11H21NO2S. The number of hydrogen-bond acceptors (Lipinski definition) is 4. The third-order valence-electron chi connectivity index (χ3n) is 3.10. The minimum atomic E-state index is -0.540. The molecule has 15 heavy (non-hydrogen) atoms. The number of carbonyl (C=O) groups is 1. The van der Waals surface area contributed by atoms with Gasteiger partial charge in [0.05, 0.1) is 7.11 Å². The Morgan fingerprint density at radius 2 is 2.13 bits per heavy atom. The summed E-state index contributed by atoms with van der Waals surface area (Å²) in [6.07, 6.45) is 5.27. The van der Waals surface area contributed by atoms with E-state index in [1.807, 2.05) is 25.7 Å². The molecule has 1 unspecified atom stereocenters. The van der Waals surface area contributed by atoms with Gasteiger partial charge in [0, 0.05) is 11.0 Å². The Labute approximate surface area is 96.3 Å². The number of esters is 1. The highest BCUT2D eigenvalue weighted by atomic mass is 32.2. The smallest absolute Gasteiger partial charge is 0.326 e. The lowest BCUT2D eigenvalue weighted by Crippen LogP contribution is -2.50. The van der Waals surface area contributed by atoms with E-state index in [4.69, 9.17) is 4.74 Å². The van der Waals surface area contributed by atoms with Gasteiger partial charge in [0.15, 0.2) is 0 Å². The van der Waals surface area contributed by atoms with Gasteiger partial charge >= 0.3 is 5.97 Å². The van der Waals surface area contributed by atoms with Crippen molar-refractivity contribution in [2.75, 3.05) is 19.9 Å². The third kappa shape index (κ3) is 3.38. The van der Waals surface area contributed by atoms with Crippen LogP contribution in [0.4, 0.5) is 0 Å². The van der Waals surface area contributed by atoms with E-state index in [1.54, 1.807) is 0 Å². The van der Waals surface area contributed by atoms with E-state index in [-0.39, 0.29) is 5.97 Å². The molecule has 1 aliphatic carbocycles. The first kappa shape index (κ1) is 12.8. The second-order valence-corrected chi connectivity index (χ2v) is 5.58. The Morgan fingerprint density at radius 3 is 2.60 bits per heavy atom. The quantitative estimate of drug-likeness (QED) is 0.732. The van der Waals surface area contributed by atoms with Gasteiger partial charge in [0.1, 0.15) is 5.54 Å². The molecule has 1 aliphatic rings. The van der Waals surface area contributed by atoms with Crippen molar-refractivity contribution in [1.82, 2.24) is 5.32 Å². The van der Waals surface area contributed by atoms with Gasteiger partial charge in [0.2, 0.25) is 0 Å². The summed E-state index contributed by atoms with van der Waals surface area (Å²) in [5, 5.41) is 3.80. The molecule has 3 nitrogen and oxygen atoms in total. The molecule has 0 saturated heterocycles. The predicted molar refractivity (Wildman–Crippen MR) is 64.2 cm³/mol. The van der Waals surface area contributed by atoms with E-state index in [9.17, 15) is 4.79 Å². The molecule has 4 heteroatoms. The summed E-state index contributed by atoms with van der Waals surface area (Å²) < 4.78 is 4.81. The summed E-state index contributed by atoms with van der Waals surface area (Å²) in [5.41, 5.74) is -0.540. The van der Waals surface area contributed by atoms with Crippen LogP contribution in [0.2, 0.25) is 0 Å². The summed E-state index contributed by atoms with van der Waals surface area (Å²) >= 11 is 1.90. The lowest BCUT2D eigenvalue weighted by molar-refractivity contribution is -0.146. The predicted octanol–water partition coefficient (Wildman–Crippen LogP) is 1.81. The fourth-order valence-electron chi connectivity index (χ4n) is 1.80. The van der Waals surface area contributed by atoms with Crippen LogP contribution in [0.3, 0.4) is 0 Å². The lowest BCUT2D eigenvalue weighted by atomic mass is 10.1. The molecule has 0 amide bonds. The van der Waals surface area contributed by atoms with Gasteiger partial charge in [-0.2, -0.15) is 11.8 Å². The highest BCUT2D eigenvalue weighted by Crippen LogP contribution is 2.31. The van der Waals surface area contributed by atoms with Crippen LogP contribution in [-0.4, -0.2) is 36.7 Å². The number of hydrogen-bond donors (Lipinski definition) is 1. The fraction of sp³-hybridized carbons (Fsp3) is 0.909. The van der Waals surface area contributed by atoms with Gasteiger partial charge in [-0.15, -0.1) is 0 Å². The van der Waals surface area contributed by atoms with Crippen LogP contribution in [0, 0.1) is 0 Å². The Balaban J connectivity index is 2.41. The zero-order valence-corrected chi connectivity index (χ0v) is 10.7. The van der Waals surface area contributed by atoms with Crippen LogP contribution < -0.4 is 5.32 Å². The molecule has 0 aromatic rings. The Bertz CT molecular complexity index is 217. The molecule has 0 aromatic heterocycles. The van der Waals surface area contributed by atoms with Crippen molar-refractivity contribution in [3.05, 3.63) is 0 Å². The van der Waals surface area contributed by atoms with Crippen molar-refractivity contribution in [3.8, 4) is 0 Å². The maximum atomic E-state index is 11.6. The van der Waals surface area contributed by atoms with Crippen molar-refractivity contribution < 1.29 is 9.53 Å². The van der Waals surface area contributed by atoms with Gasteiger partial charge in [-0.05, 0) is 26.8 Å². The van der Waals surface area contributed by atoms with E-state index in [0.29, 0.717) is 0 Å². The summed E-state index contributed by atoms with van der Waals surface area (Å²) in [4.78, 5) is 11.6. The zero-order valence-electron chi connectivity index (χ0n) is 9.84. The van der Waals surface area contributed by atoms with Crippen LogP contribution in [0.5, 0.6) is 0 Å². The van der Waals surface area contributed by atoms with Crippen molar-refractivity contribution in [2.24, 2.45) is 0 Å². The van der Waals surface area contributed by atoms with E-state index in [1.165, 1.54) is 32.8 Å². The number of methoxy groups -OCH3 is 1. The molecular weight excluding hydrogens is 210 g/mol. The molecule has 1 saturated carbocycles. The normalized spacial score (nSPS) is 21.3. The molecule has 1 fully saturated rings.